The summed E-state index contributed by atoms with van der Waals surface area (Å²) in [5.74, 6) is -1.49. The van der Waals surface area contributed by atoms with Gasteiger partial charge >= 0.3 is 0 Å². The summed E-state index contributed by atoms with van der Waals surface area (Å²) in [4.78, 5) is 46.3. The van der Waals surface area contributed by atoms with Crippen LogP contribution >= 0.6 is 0 Å². The van der Waals surface area contributed by atoms with Gasteiger partial charge in [-0.25, -0.2) is 0 Å². The highest BCUT2D eigenvalue weighted by atomic mass is 16.6. The van der Waals surface area contributed by atoms with Crippen molar-refractivity contribution in [2.24, 2.45) is 0 Å². The molecule has 0 aliphatic carbocycles. The summed E-state index contributed by atoms with van der Waals surface area (Å²) >= 11 is 0. The molecule has 21 heavy (non-hydrogen) atoms. The van der Waals surface area contributed by atoms with Crippen LogP contribution in [0.3, 0.4) is 0 Å². The maximum absolute atomic E-state index is 12.2. The molecule has 0 spiro atoms. The maximum Gasteiger partial charge on any atom is 0.269 e. The molecule has 3 amide bonds. The lowest BCUT2D eigenvalue weighted by Gasteiger charge is -2.31. The molecule has 1 unspecified atom stereocenters. The SMILES string of the molecule is CC1C(=O)NC(=O)CN1C(=O)Cc1cccc([N+](=O)[O-])c1. The van der Waals surface area contributed by atoms with Crippen LogP contribution in [0.2, 0.25) is 0 Å². The molecule has 1 heterocycles. The van der Waals surface area contributed by atoms with Crippen LogP contribution in [0.5, 0.6) is 0 Å². The Bertz CT molecular complexity index is 628. The van der Waals surface area contributed by atoms with Crippen LogP contribution in [0.25, 0.3) is 0 Å². The Morgan fingerprint density at radius 3 is 2.86 bits per heavy atom. The first kappa shape index (κ1) is 14.6. The van der Waals surface area contributed by atoms with Crippen LogP contribution < -0.4 is 5.32 Å². The maximum atomic E-state index is 12.2. The van der Waals surface area contributed by atoms with Gasteiger partial charge in [0.1, 0.15) is 12.6 Å². The van der Waals surface area contributed by atoms with Gasteiger partial charge in [-0.3, -0.25) is 29.8 Å². The van der Waals surface area contributed by atoms with Crippen molar-refractivity contribution in [3.63, 3.8) is 0 Å². The number of benzene rings is 1. The Kier molecular flexibility index (Phi) is 3.97. The Balaban J connectivity index is 2.14. The number of imide groups is 1. The predicted octanol–water partition coefficient (Wildman–Crippen LogP) is 0.0108. The van der Waals surface area contributed by atoms with Crippen molar-refractivity contribution < 1.29 is 19.3 Å². The second-order valence-corrected chi connectivity index (χ2v) is 4.71. The van der Waals surface area contributed by atoms with Crippen molar-refractivity contribution in [2.45, 2.75) is 19.4 Å². The molecule has 0 aromatic heterocycles. The van der Waals surface area contributed by atoms with Crippen molar-refractivity contribution >= 4 is 23.4 Å². The van der Waals surface area contributed by atoms with E-state index in [4.69, 9.17) is 0 Å². The molecule has 1 fully saturated rings. The number of carbonyl (C=O) groups excluding carboxylic acids is 3. The van der Waals surface area contributed by atoms with E-state index in [9.17, 15) is 24.5 Å². The molecule has 1 N–H and O–H groups in total. The predicted molar refractivity (Wildman–Crippen MR) is 71.1 cm³/mol. The lowest BCUT2D eigenvalue weighted by molar-refractivity contribution is -0.384. The number of amides is 3. The number of non-ortho nitro benzene ring substituents is 1. The molecule has 0 radical (unpaired) electrons. The zero-order valence-electron chi connectivity index (χ0n) is 11.2. The van der Waals surface area contributed by atoms with Gasteiger partial charge < -0.3 is 4.90 Å². The van der Waals surface area contributed by atoms with Gasteiger partial charge in [-0.05, 0) is 12.5 Å². The van der Waals surface area contributed by atoms with Crippen LogP contribution in [0.15, 0.2) is 24.3 Å². The van der Waals surface area contributed by atoms with E-state index >= 15 is 0 Å². The molecule has 1 saturated heterocycles. The second-order valence-electron chi connectivity index (χ2n) is 4.71. The normalized spacial score (nSPS) is 18.3. The molecule has 1 aliphatic heterocycles. The number of carbonyl (C=O) groups is 3. The number of nitrogens with one attached hydrogen (secondary N) is 1. The molecule has 8 nitrogen and oxygen atoms in total. The summed E-state index contributed by atoms with van der Waals surface area (Å²) in [6, 6.07) is 4.96. The van der Waals surface area contributed by atoms with Gasteiger partial charge in [0, 0.05) is 12.1 Å². The van der Waals surface area contributed by atoms with Crippen molar-refractivity contribution in [1.82, 2.24) is 10.2 Å². The minimum Gasteiger partial charge on any atom is -0.321 e. The number of nitro groups is 1. The summed E-state index contributed by atoms with van der Waals surface area (Å²) in [6.45, 7) is 1.33. The second kappa shape index (κ2) is 5.70. The van der Waals surface area contributed by atoms with E-state index < -0.39 is 28.7 Å². The van der Waals surface area contributed by atoms with Crippen LogP contribution in [0.4, 0.5) is 5.69 Å². The van der Waals surface area contributed by atoms with Crippen molar-refractivity contribution in [2.75, 3.05) is 6.54 Å². The number of piperazine rings is 1. The summed E-state index contributed by atoms with van der Waals surface area (Å²) in [7, 11) is 0. The molecule has 0 saturated carbocycles. The van der Waals surface area contributed by atoms with Crippen molar-refractivity contribution in [3.05, 3.63) is 39.9 Å². The van der Waals surface area contributed by atoms with E-state index in [2.05, 4.69) is 5.32 Å². The van der Waals surface area contributed by atoms with Crippen LogP contribution in [-0.2, 0) is 20.8 Å². The molecule has 1 atom stereocenters. The van der Waals surface area contributed by atoms with E-state index in [1.165, 1.54) is 30.0 Å². The Morgan fingerprint density at radius 2 is 2.19 bits per heavy atom. The van der Waals surface area contributed by atoms with Crippen molar-refractivity contribution in [3.8, 4) is 0 Å². The lowest BCUT2D eigenvalue weighted by Crippen LogP contribution is -2.58. The molecule has 0 bridgehead atoms. The fourth-order valence-electron chi connectivity index (χ4n) is 2.07. The molecule has 1 aromatic carbocycles. The largest absolute Gasteiger partial charge is 0.321 e. The number of rotatable bonds is 3. The molecular formula is C13H13N3O5. The minimum atomic E-state index is -0.742. The molecule has 2 rings (SSSR count). The first-order valence-corrected chi connectivity index (χ1v) is 6.25. The van der Waals surface area contributed by atoms with E-state index in [1.807, 2.05) is 0 Å². The monoisotopic (exact) mass is 291 g/mol. The fraction of sp³-hybridized carbons (Fsp3) is 0.308. The smallest absolute Gasteiger partial charge is 0.269 e. The van der Waals surface area contributed by atoms with Gasteiger partial charge in [0.2, 0.25) is 17.7 Å². The summed E-state index contributed by atoms with van der Waals surface area (Å²) in [5, 5.41) is 12.8. The zero-order valence-corrected chi connectivity index (χ0v) is 11.2. The van der Waals surface area contributed by atoms with Crippen LogP contribution in [0.1, 0.15) is 12.5 Å². The van der Waals surface area contributed by atoms with E-state index in [0.717, 1.165) is 0 Å². The lowest BCUT2D eigenvalue weighted by atomic mass is 10.1. The molecule has 8 heteroatoms. The molecule has 110 valence electrons. The third-order valence-corrected chi connectivity index (χ3v) is 3.22. The standard InChI is InChI=1S/C13H13N3O5/c1-8-13(19)14-11(17)7-15(8)12(18)6-9-3-2-4-10(5-9)16(20)21/h2-5,8H,6-7H2,1H3,(H,14,17,19). The highest BCUT2D eigenvalue weighted by Gasteiger charge is 2.33. The van der Waals surface area contributed by atoms with Crippen LogP contribution in [-0.4, -0.2) is 40.1 Å². The van der Waals surface area contributed by atoms with Gasteiger partial charge in [0.25, 0.3) is 5.69 Å². The fourth-order valence-corrected chi connectivity index (χ4v) is 2.07. The summed E-state index contributed by atoms with van der Waals surface area (Å²) in [5.41, 5.74) is 0.348. The first-order valence-electron chi connectivity index (χ1n) is 6.25. The van der Waals surface area contributed by atoms with E-state index in [1.54, 1.807) is 6.07 Å². The van der Waals surface area contributed by atoms with Gasteiger partial charge in [0.05, 0.1) is 11.3 Å². The molecule has 1 aromatic rings. The van der Waals surface area contributed by atoms with E-state index in [0.29, 0.717) is 5.56 Å². The highest BCUT2D eigenvalue weighted by molar-refractivity contribution is 6.04. The van der Waals surface area contributed by atoms with Crippen molar-refractivity contribution in [1.29, 1.82) is 0 Å². The van der Waals surface area contributed by atoms with Gasteiger partial charge in [-0.2, -0.15) is 0 Å². The average molecular weight is 291 g/mol. The van der Waals surface area contributed by atoms with E-state index in [-0.39, 0.29) is 18.7 Å². The number of nitrogens with zero attached hydrogens (tertiary/aromatic N) is 2. The topological polar surface area (TPSA) is 110 Å². The van der Waals surface area contributed by atoms with Crippen LogP contribution in [0, 0.1) is 10.1 Å². The minimum absolute atomic E-state index is 0.105. The number of hydrogen-bond donors (Lipinski definition) is 1. The summed E-state index contributed by atoms with van der Waals surface area (Å²) in [6.07, 6.45) is -0.105. The van der Waals surface area contributed by atoms with Gasteiger partial charge in [-0.15, -0.1) is 0 Å². The van der Waals surface area contributed by atoms with Gasteiger partial charge in [-0.1, -0.05) is 12.1 Å². The number of nitro benzene ring substituents is 1. The first-order chi connectivity index (χ1) is 9.88. The quantitative estimate of drug-likeness (QED) is 0.479. The zero-order chi connectivity index (χ0) is 15.6. The third kappa shape index (κ3) is 3.22. The molecular weight excluding hydrogens is 278 g/mol. The Morgan fingerprint density at radius 1 is 1.48 bits per heavy atom. The third-order valence-electron chi connectivity index (χ3n) is 3.22. The number of hydrogen-bond acceptors (Lipinski definition) is 5. The molecule has 1 aliphatic rings. The summed E-state index contributed by atoms with van der Waals surface area (Å²) < 4.78 is 0. The average Bonchev–Trinajstić information content (AvgIpc) is 2.43. The Hall–Kier alpha value is -2.77. The highest BCUT2D eigenvalue weighted by Crippen LogP contribution is 2.15. The van der Waals surface area contributed by atoms with Gasteiger partial charge in [0.15, 0.2) is 0 Å². The Labute approximate surface area is 119 Å².